The van der Waals surface area contributed by atoms with Crippen molar-refractivity contribution in [3.63, 3.8) is 0 Å². The Morgan fingerprint density at radius 3 is 0.629 bits per heavy atom. The first-order chi connectivity index (χ1) is 60.3. The van der Waals surface area contributed by atoms with Crippen LogP contribution in [0.2, 0.25) is 0 Å². The van der Waals surface area contributed by atoms with Gasteiger partial charge in [0.15, 0.2) is 0 Å². The van der Waals surface area contributed by atoms with Crippen LogP contribution >= 0.6 is 29.1 Å². The van der Waals surface area contributed by atoms with Crippen molar-refractivity contribution in [3.05, 3.63) is 423 Å². The zero-order valence-corrected chi connectivity index (χ0v) is 93.2. The molecule has 0 unspecified atom stereocenters. The van der Waals surface area contributed by atoms with E-state index in [1.807, 2.05) is 53.1 Å². The second-order valence-corrected chi connectivity index (χ2v) is 43.7. The molecule has 132 heavy (non-hydrogen) atoms. The minimum absolute atomic E-state index is 0. The Hall–Kier alpha value is -7.79. The number of aryl methyl sites for hydroxylation is 24. The monoisotopic (exact) mass is 2050 g/mol. The van der Waals surface area contributed by atoms with Crippen molar-refractivity contribution in [1.82, 2.24) is 0 Å². The van der Waals surface area contributed by atoms with Gasteiger partial charge in [0.25, 0.3) is 0 Å². The summed E-state index contributed by atoms with van der Waals surface area (Å²) in [4.78, 5) is 11.5. The summed E-state index contributed by atoms with van der Waals surface area (Å²) in [5.74, 6) is 0. The van der Waals surface area contributed by atoms with Crippen LogP contribution in [0.25, 0.3) is 66.8 Å². The van der Waals surface area contributed by atoms with Crippen LogP contribution in [0.1, 0.15) is 152 Å². The Labute approximate surface area is 875 Å². The Kier molecular flexibility index (Phi) is 44.5. The first kappa shape index (κ1) is 113. The van der Waals surface area contributed by atoms with Gasteiger partial charge in [-0.1, -0.05) is 254 Å². The van der Waals surface area contributed by atoms with Crippen LogP contribution in [0, 0.1) is 202 Å². The molecule has 0 atom stereocenters. The maximum Gasteiger partial charge on any atom is 1.00 e. The predicted molar refractivity (Wildman–Crippen MR) is 581 cm³/mol. The molecule has 2 fully saturated rings. The number of benzene rings is 14. The van der Waals surface area contributed by atoms with E-state index in [2.05, 4.69) is 398 Å². The molecule has 12 heteroatoms. The van der Waals surface area contributed by atoms with Crippen molar-refractivity contribution in [2.24, 2.45) is 0 Å². The molecular formula is C120H137Cl3KN4Ru2S2-6. The van der Waals surface area contributed by atoms with Gasteiger partial charge in [0.2, 0.25) is 0 Å². The van der Waals surface area contributed by atoms with Gasteiger partial charge in [0.05, 0.1) is 0 Å². The fourth-order valence-electron chi connectivity index (χ4n) is 18.6. The molecule has 0 N–H and O–H groups in total. The molecule has 0 amide bonds. The molecule has 14 aromatic rings. The molecule has 2 aliphatic rings. The van der Waals surface area contributed by atoms with Crippen LogP contribution in [-0.4, -0.2) is 35.4 Å². The van der Waals surface area contributed by atoms with Crippen molar-refractivity contribution >= 4 is 86.3 Å². The van der Waals surface area contributed by atoms with Crippen LogP contribution in [0.15, 0.2) is 252 Å². The van der Waals surface area contributed by atoms with Crippen LogP contribution in [0.5, 0.6) is 0 Å². The van der Waals surface area contributed by atoms with Gasteiger partial charge in [-0.2, -0.15) is 23.1 Å². The van der Waals surface area contributed by atoms with E-state index >= 15 is 0 Å². The molecule has 0 bridgehead atoms. The zero-order valence-electron chi connectivity index (χ0n) is 82.7. The summed E-state index contributed by atoms with van der Waals surface area (Å²) in [6.45, 7) is 61.0. The van der Waals surface area contributed by atoms with Gasteiger partial charge in [-0.05, 0) is 302 Å². The van der Waals surface area contributed by atoms with E-state index < -0.39 is 13.5 Å². The van der Waals surface area contributed by atoms with Gasteiger partial charge in [-0.15, -0.1) is 0 Å². The standard InChI is InChI=1S/2C30H30S.2C21H27N2.2C7H6.CH4.3CH3.3ClH.K.2Ru/c2*1-18-7-19(2)11-24(10-18)25-16-28(26-12-20(3)8-21(4)13-26)30(31)29(17-25)27-14-22(5)9-23(6)15-27;2*1-14-9-16(3)20(17(4)10-14)22-7-8-23(13-22)21-18(5)11-15(2)12-19(21)6;2*1-7-5-3-2-4-6-7;;;;;;;;;;/h2*7-17,31H,1-6H3;2*9-13H,7-8H2,1-6H3;2*1-6H;1H4;3*1H3;3*1H;;;/q;;2*-1;;;;3*-1;;;;2*+1;+2/p-5. The number of hydrogen-bond donors (Lipinski definition) is 0. The summed E-state index contributed by atoms with van der Waals surface area (Å²) in [7, 11) is 16.9. The largest absolute Gasteiger partial charge is 1.00 e. The number of nitrogens with zero attached hydrogens (tertiary/aromatic N) is 4. The van der Waals surface area contributed by atoms with Gasteiger partial charge in [0, 0.05) is 48.9 Å². The average Bonchev–Trinajstić information content (AvgIpc) is 1.15. The molecule has 0 aromatic heterocycles. The smallest absolute Gasteiger partial charge is 1.00 e. The number of hydrogen-bond acceptors (Lipinski definition) is 6. The minimum atomic E-state index is -1.61. The van der Waals surface area contributed by atoms with E-state index in [1.54, 1.807) is 0 Å². The van der Waals surface area contributed by atoms with E-state index in [1.165, 1.54) is 206 Å². The molecule has 0 aliphatic carbocycles. The molecule has 2 aliphatic heterocycles. The van der Waals surface area contributed by atoms with Gasteiger partial charge in [0.1, 0.15) is 0 Å². The summed E-state index contributed by atoms with van der Waals surface area (Å²) in [6, 6.07) is 87.7. The van der Waals surface area contributed by atoms with Crippen molar-refractivity contribution in [3.8, 4) is 66.8 Å². The maximum atomic E-state index is 6.09. The second kappa shape index (κ2) is 52.0. The molecule has 0 spiro atoms. The van der Waals surface area contributed by atoms with Gasteiger partial charge in [-0.25, -0.2) is 0 Å². The second-order valence-electron chi connectivity index (χ2n) is 35.4. The van der Waals surface area contributed by atoms with Crippen molar-refractivity contribution in [1.29, 1.82) is 0 Å². The Morgan fingerprint density at radius 2 is 0.439 bits per heavy atom. The van der Waals surface area contributed by atoms with Crippen LogP contribution in [0.3, 0.4) is 0 Å². The molecule has 14 aromatic carbocycles. The molecule has 2 saturated heterocycles. The fourth-order valence-corrected chi connectivity index (χ4v) is 22.2. The third-order valence-electron chi connectivity index (χ3n) is 22.8. The van der Waals surface area contributed by atoms with Crippen molar-refractivity contribution in [2.45, 2.75) is 183 Å². The third kappa shape index (κ3) is 30.9. The van der Waals surface area contributed by atoms with Crippen LogP contribution < -0.4 is 71.0 Å². The Morgan fingerprint density at radius 1 is 0.265 bits per heavy atom. The molecule has 2 heterocycles. The van der Waals surface area contributed by atoms with Gasteiger partial charge < -0.3 is 67.1 Å². The van der Waals surface area contributed by atoms with Gasteiger partial charge in [-0.3, -0.25) is 0 Å². The SMILES string of the molecule is C.Cc1cc(C)c(N2[CH-]N(c3c(C)cc(C)cc3C)CC2)c(C)c1.Cc1cc(C)c(N2[CH-]N(c3c(C)cc(C)cc3C)CC2)c(C)c1.Cc1cc(C)cc(-c2cc(-c3cc(C)cc(C)c3)c([S-])c(-c3cc(C)cc(C)c3)c2)c1.Cc1cc(C)cc(-c2cc(-c3cc(C)cc(C)c3)c([S-])c(-c3cc(C)cc(C)c3)c2)c1.[CH3-].[CH3-].[CH3-].[Cl][Ru]([Cl])=[CH]c1ccccc1.[Cl][Ru]=[CH]c1ccccc1.[K+]. The first-order valence-electron chi connectivity index (χ1n) is 43.6. The van der Waals surface area contributed by atoms with Gasteiger partial charge >= 0.3 is 191 Å². The van der Waals surface area contributed by atoms with E-state index in [-0.39, 0.29) is 96.8 Å². The van der Waals surface area contributed by atoms with Crippen molar-refractivity contribution < 1.29 is 80.6 Å². The molecule has 16 rings (SSSR count). The summed E-state index contributed by atoms with van der Waals surface area (Å²) < 4.78 is 3.99. The fraction of sp³-hybridized carbons (Fsp3) is 0.242. The quantitative estimate of drug-likeness (QED) is 0.0682. The number of anilines is 4. The normalized spacial score (nSPS) is 11.9. The number of rotatable bonds is 12. The number of halogens is 3. The summed E-state index contributed by atoms with van der Waals surface area (Å²) >= 11 is 10.5. The van der Waals surface area contributed by atoms with E-state index in [0.717, 1.165) is 63.8 Å². The van der Waals surface area contributed by atoms with Crippen LogP contribution in [0.4, 0.5) is 22.7 Å². The summed E-state index contributed by atoms with van der Waals surface area (Å²) in [5.41, 5.74) is 53.4. The first-order valence-corrected chi connectivity index (χ1v) is 53.2. The zero-order chi connectivity index (χ0) is 91.9. The molecular weight excluding hydrogens is 1910 g/mol. The van der Waals surface area contributed by atoms with Crippen molar-refractivity contribution in [2.75, 3.05) is 45.8 Å². The van der Waals surface area contributed by atoms with E-state index in [9.17, 15) is 0 Å². The molecule has 0 saturated carbocycles. The third-order valence-corrected chi connectivity index (χ3v) is 26.8. The topological polar surface area (TPSA) is 13.0 Å². The maximum absolute atomic E-state index is 6.09. The van der Waals surface area contributed by atoms with Crippen LogP contribution in [-0.2, 0) is 54.5 Å². The van der Waals surface area contributed by atoms with E-state index in [4.69, 9.17) is 54.3 Å². The average molecular weight is 2050 g/mol. The Balaban J connectivity index is 0.000000252. The Bertz CT molecular complexity index is 5550. The summed E-state index contributed by atoms with van der Waals surface area (Å²) in [5, 5.41) is 0. The van der Waals surface area contributed by atoms with E-state index in [0.29, 0.717) is 0 Å². The summed E-state index contributed by atoms with van der Waals surface area (Å²) in [6.07, 6.45) is 0. The molecule has 693 valence electrons. The minimum Gasteiger partial charge on any atom is 1.00 e. The molecule has 4 nitrogen and oxygen atoms in total. The predicted octanol–water partition coefficient (Wildman–Crippen LogP) is 30.7. The molecule has 0 radical (unpaired) electrons.